The van der Waals surface area contributed by atoms with E-state index in [0.29, 0.717) is 32.3 Å². The highest BCUT2D eigenvalue weighted by Gasteiger charge is 2.30. The average molecular weight is 581 g/mol. The lowest BCUT2D eigenvalue weighted by Crippen LogP contribution is -2.32. The molecule has 194 valence electrons. The first kappa shape index (κ1) is 26.5. The Morgan fingerprint density at radius 3 is 2.41 bits per heavy atom. The summed E-state index contributed by atoms with van der Waals surface area (Å²) in [6.07, 6.45) is -5.82. The molecule has 0 aliphatic heterocycles. The Morgan fingerprint density at radius 1 is 1.00 bits per heavy atom. The number of halogens is 5. The molecule has 1 heterocycles. The Bertz CT molecular complexity index is 1380. The monoisotopic (exact) mass is 580 g/mol. The highest BCUT2D eigenvalue weighted by molar-refractivity contribution is 9.10. The van der Waals surface area contributed by atoms with Gasteiger partial charge in [0.2, 0.25) is 0 Å². The van der Waals surface area contributed by atoms with Gasteiger partial charge in [0, 0.05) is 12.0 Å². The van der Waals surface area contributed by atoms with E-state index in [4.69, 9.17) is 18.6 Å². The van der Waals surface area contributed by atoms with Gasteiger partial charge in [-0.2, -0.15) is 13.2 Å². The Kier molecular flexibility index (Phi) is 8.06. The van der Waals surface area contributed by atoms with Crippen LogP contribution in [-0.4, -0.2) is 31.5 Å². The normalized spacial score (nSPS) is 12.4. The number of hydrogen-bond donors (Lipinski definition) is 0. The molecule has 0 fully saturated rings. The molecule has 4 aromatic rings. The minimum atomic E-state index is -4.52. The number of fused-ring (bicyclic) bond motifs is 1. The Labute approximate surface area is 218 Å². The summed E-state index contributed by atoms with van der Waals surface area (Å²) in [7, 11) is 0. The van der Waals surface area contributed by atoms with E-state index in [0.717, 1.165) is 0 Å². The first-order chi connectivity index (χ1) is 17.7. The number of rotatable bonds is 9. The van der Waals surface area contributed by atoms with Gasteiger partial charge in [-0.15, -0.1) is 0 Å². The molecule has 1 atom stereocenters. The van der Waals surface area contributed by atoms with E-state index in [2.05, 4.69) is 15.9 Å². The molecule has 1 aromatic heterocycles. The number of alkyl halides is 3. The summed E-state index contributed by atoms with van der Waals surface area (Å²) in [5.41, 5.74) is 1.41. The summed E-state index contributed by atoms with van der Waals surface area (Å²) in [5.74, 6) is -0.378. The van der Waals surface area contributed by atoms with Crippen LogP contribution in [0.5, 0.6) is 11.5 Å². The van der Waals surface area contributed by atoms with Crippen LogP contribution >= 0.6 is 15.9 Å². The molecule has 0 aliphatic carbocycles. The second-order valence-electron chi connectivity index (χ2n) is 7.96. The summed E-state index contributed by atoms with van der Waals surface area (Å²) in [6, 6.07) is 16.9. The fourth-order valence-corrected chi connectivity index (χ4v) is 4.40. The van der Waals surface area contributed by atoms with Crippen molar-refractivity contribution >= 4 is 32.9 Å². The number of ether oxygens (including phenoxy) is 3. The SMILES string of the molecule is CCOC(=O)C(Cc1ccccc1OCC(F)(F)F)Oc1cccc2oc(-c3ccc(F)cc3)c(Br)c12. The molecule has 0 bridgehead atoms. The van der Waals surface area contributed by atoms with Crippen molar-refractivity contribution in [2.24, 2.45) is 0 Å². The first-order valence-electron chi connectivity index (χ1n) is 11.2. The number of esters is 1. The van der Waals surface area contributed by atoms with Crippen molar-refractivity contribution in [2.75, 3.05) is 13.2 Å². The van der Waals surface area contributed by atoms with Gasteiger partial charge in [0.25, 0.3) is 0 Å². The van der Waals surface area contributed by atoms with Crippen LogP contribution in [0.25, 0.3) is 22.3 Å². The lowest BCUT2D eigenvalue weighted by atomic mass is 10.1. The van der Waals surface area contributed by atoms with Crippen LogP contribution in [-0.2, 0) is 16.0 Å². The van der Waals surface area contributed by atoms with Crippen molar-refractivity contribution in [3.8, 4) is 22.8 Å². The fourth-order valence-electron chi connectivity index (χ4n) is 3.70. The highest BCUT2D eigenvalue weighted by Crippen LogP contribution is 2.42. The van der Waals surface area contributed by atoms with Crippen molar-refractivity contribution in [1.82, 2.24) is 0 Å². The molecule has 1 unspecified atom stereocenters. The second-order valence-corrected chi connectivity index (χ2v) is 8.75. The third-order valence-corrected chi connectivity index (χ3v) is 6.07. The maximum absolute atomic E-state index is 13.4. The number of benzene rings is 3. The van der Waals surface area contributed by atoms with Crippen molar-refractivity contribution in [2.45, 2.75) is 25.6 Å². The molecule has 10 heteroatoms. The van der Waals surface area contributed by atoms with E-state index in [-0.39, 0.29) is 24.5 Å². The third-order valence-electron chi connectivity index (χ3n) is 5.31. The van der Waals surface area contributed by atoms with Gasteiger partial charge >= 0.3 is 12.1 Å². The van der Waals surface area contributed by atoms with Gasteiger partial charge in [-0.25, -0.2) is 9.18 Å². The van der Waals surface area contributed by atoms with Gasteiger partial charge in [0.1, 0.15) is 28.7 Å². The van der Waals surface area contributed by atoms with Crippen LogP contribution in [0.1, 0.15) is 12.5 Å². The molecule has 0 spiro atoms. The Hall–Kier alpha value is -3.53. The molecule has 0 saturated carbocycles. The van der Waals surface area contributed by atoms with Crippen LogP contribution in [0.15, 0.2) is 75.6 Å². The van der Waals surface area contributed by atoms with Gasteiger partial charge in [0.05, 0.1) is 16.5 Å². The topological polar surface area (TPSA) is 57.9 Å². The zero-order chi connectivity index (χ0) is 26.6. The van der Waals surface area contributed by atoms with Gasteiger partial charge in [0.15, 0.2) is 12.7 Å². The number of hydrogen-bond acceptors (Lipinski definition) is 5. The maximum Gasteiger partial charge on any atom is 0.422 e. The average Bonchev–Trinajstić information content (AvgIpc) is 3.20. The van der Waals surface area contributed by atoms with Gasteiger partial charge in [-0.05, 0) is 70.9 Å². The summed E-state index contributed by atoms with van der Waals surface area (Å²) in [5, 5.41) is 0.526. The van der Waals surface area contributed by atoms with Crippen LogP contribution in [0.3, 0.4) is 0 Å². The smallest absolute Gasteiger partial charge is 0.422 e. The number of para-hydroxylation sites is 1. The summed E-state index contributed by atoms with van der Waals surface area (Å²) >= 11 is 3.52. The highest BCUT2D eigenvalue weighted by atomic mass is 79.9. The van der Waals surface area contributed by atoms with Crippen molar-refractivity contribution in [1.29, 1.82) is 0 Å². The quantitative estimate of drug-likeness (QED) is 0.151. The van der Waals surface area contributed by atoms with E-state index >= 15 is 0 Å². The predicted octanol–water partition coefficient (Wildman–Crippen LogP) is 7.50. The van der Waals surface area contributed by atoms with Crippen LogP contribution in [0.4, 0.5) is 17.6 Å². The number of carbonyl (C=O) groups excluding carboxylic acids is 1. The van der Waals surface area contributed by atoms with Gasteiger partial charge in [-0.1, -0.05) is 24.3 Å². The van der Waals surface area contributed by atoms with Gasteiger partial charge < -0.3 is 18.6 Å². The van der Waals surface area contributed by atoms with E-state index in [1.54, 1.807) is 49.4 Å². The lowest BCUT2D eigenvalue weighted by molar-refractivity contribution is -0.154. The summed E-state index contributed by atoms with van der Waals surface area (Å²) in [4.78, 5) is 12.8. The standard InChI is InChI=1S/C27H21BrF4O5/c1-2-34-26(33)22(14-17-6-3-4-7-19(17)35-15-27(30,31)32)36-20-8-5-9-21-23(20)24(28)25(37-21)16-10-12-18(29)13-11-16/h3-13,22H,2,14-15H2,1H3. The Balaban J connectivity index is 1.68. The zero-order valence-electron chi connectivity index (χ0n) is 19.5. The molecular weight excluding hydrogens is 560 g/mol. The predicted molar refractivity (Wildman–Crippen MR) is 132 cm³/mol. The van der Waals surface area contributed by atoms with E-state index in [1.807, 2.05) is 0 Å². The zero-order valence-corrected chi connectivity index (χ0v) is 21.1. The van der Waals surface area contributed by atoms with Crippen molar-refractivity contribution in [3.05, 3.63) is 82.6 Å². The number of furan rings is 1. The largest absolute Gasteiger partial charge is 0.484 e. The fraction of sp³-hybridized carbons (Fsp3) is 0.222. The van der Waals surface area contributed by atoms with E-state index < -0.39 is 30.7 Å². The molecule has 0 aliphatic rings. The molecule has 0 saturated heterocycles. The van der Waals surface area contributed by atoms with Crippen molar-refractivity contribution < 1.29 is 41.0 Å². The summed E-state index contributed by atoms with van der Waals surface area (Å²) < 4.78 is 74.3. The minimum absolute atomic E-state index is 0.0148. The molecule has 0 N–H and O–H groups in total. The molecule has 5 nitrogen and oxygen atoms in total. The van der Waals surface area contributed by atoms with E-state index in [9.17, 15) is 22.4 Å². The number of carbonyl (C=O) groups is 1. The lowest BCUT2D eigenvalue weighted by Gasteiger charge is -2.20. The molecular formula is C27H21BrF4O5. The summed E-state index contributed by atoms with van der Waals surface area (Å²) in [6.45, 7) is 0.249. The molecule has 0 radical (unpaired) electrons. The molecule has 3 aromatic carbocycles. The van der Waals surface area contributed by atoms with E-state index in [1.165, 1.54) is 24.3 Å². The second kappa shape index (κ2) is 11.2. The minimum Gasteiger partial charge on any atom is -0.484 e. The third kappa shape index (κ3) is 6.43. The van der Waals surface area contributed by atoms with Gasteiger partial charge in [-0.3, -0.25) is 0 Å². The molecule has 37 heavy (non-hydrogen) atoms. The van der Waals surface area contributed by atoms with Crippen LogP contribution < -0.4 is 9.47 Å². The maximum atomic E-state index is 13.4. The molecule has 4 rings (SSSR count). The van der Waals surface area contributed by atoms with Crippen molar-refractivity contribution in [3.63, 3.8) is 0 Å². The van der Waals surface area contributed by atoms with Crippen LogP contribution in [0.2, 0.25) is 0 Å². The van der Waals surface area contributed by atoms with Crippen LogP contribution in [0, 0.1) is 5.82 Å². The molecule has 0 amide bonds. The Morgan fingerprint density at radius 2 is 1.70 bits per heavy atom. The first-order valence-corrected chi connectivity index (χ1v) is 12.0.